The molecule has 8 heteroatoms. The van der Waals surface area contributed by atoms with Crippen molar-refractivity contribution in [3.05, 3.63) is 93.5 Å². The number of carbonyl (C=O) groups excluding carboxylic acids is 2. The summed E-state index contributed by atoms with van der Waals surface area (Å²) >= 11 is 1.27. The molecule has 0 aromatic heterocycles. The second-order valence-corrected chi connectivity index (χ2v) is 7.58. The van der Waals surface area contributed by atoms with E-state index in [4.69, 9.17) is 0 Å². The number of hydrogen-bond donors (Lipinski definition) is 2. The number of benzene rings is 3. The monoisotopic (exact) mass is 421 g/mol. The van der Waals surface area contributed by atoms with Crippen LogP contribution in [-0.2, 0) is 0 Å². The minimum absolute atomic E-state index is 0.136. The van der Waals surface area contributed by atoms with Gasteiger partial charge < -0.3 is 10.6 Å². The van der Waals surface area contributed by atoms with Crippen molar-refractivity contribution in [1.82, 2.24) is 5.32 Å². The molecule has 0 saturated heterocycles. The Morgan fingerprint density at radius 3 is 2.13 bits per heavy atom. The third-order valence-corrected chi connectivity index (χ3v) is 5.37. The number of rotatable bonds is 6. The summed E-state index contributed by atoms with van der Waals surface area (Å²) in [6.45, 7) is 1.97. The molecule has 152 valence electrons. The average Bonchev–Trinajstić information content (AvgIpc) is 2.75. The molecule has 0 fully saturated rings. The molecule has 0 heterocycles. The first-order valence-electron chi connectivity index (χ1n) is 9.04. The molecule has 3 aromatic rings. The zero-order valence-corrected chi connectivity index (χ0v) is 17.2. The lowest BCUT2D eigenvalue weighted by molar-refractivity contribution is -0.387. The Hall–Kier alpha value is -3.65. The number of nitrogens with zero attached hydrogens (tertiary/aromatic N) is 1. The first-order chi connectivity index (χ1) is 14.4. The summed E-state index contributed by atoms with van der Waals surface area (Å²) in [6, 6.07) is 18.4. The van der Waals surface area contributed by atoms with Crippen LogP contribution in [0.4, 0.5) is 11.4 Å². The highest BCUT2D eigenvalue weighted by molar-refractivity contribution is 7.99. The second-order valence-electron chi connectivity index (χ2n) is 6.47. The molecule has 0 saturated carbocycles. The maximum Gasteiger partial charge on any atom is 0.284 e. The van der Waals surface area contributed by atoms with Crippen LogP contribution in [0.2, 0.25) is 0 Å². The van der Waals surface area contributed by atoms with Gasteiger partial charge >= 0.3 is 0 Å². The molecule has 0 aliphatic rings. The maximum absolute atomic E-state index is 12.6. The fourth-order valence-electron chi connectivity index (χ4n) is 2.67. The lowest BCUT2D eigenvalue weighted by atomic mass is 10.1. The summed E-state index contributed by atoms with van der Waals surface area (Å²) < 4.78 is 0. The Labute approximate surface area is 177 Å². The van der Waals surface area contributed by atoms with Crippen LogP contribution < -0.4 is 10.6 Å². The van der Waals surface area contributed by atoms with E-state index in [-0.39, 0.29) is 17.2 Å². The van der Waals surface area contributed by atoms with Gasteiger partial charge in [-0.2, -0.15) is 0 Å². The average molecular weight is 421 g/mol. The van der Waals surface area contributed by atoms with E-state index in [0.717, 1.165) is 10.5 Å². The molecular weight excluding hydrogens is 402 g/mol. The zero-order valence-electron chi connectivity index (χ0n) is 16.3. The molecule has 2 amide bonds. The molecule has 2 N–H and O–H groups in total. The first-order valence-corrected chi connectivity index (χ1v) is 9.85. The van der Waals surface area contributed by atoms with Crippen LogP contribution >= 0.6 is 11.8 Å². The van der Waals surface area contributed by atoms with Crippen molar-refractivity contribution in [2.75, 3.05) is 12.4 Å². The molecule has 30 heavy (non-hydrogen) atoms. The molecule has 0 radical (unpaired) electrons. The number of anilines is 1. The van der Waals surface area contributed by atoms with Gasteiger partial charge in [0.25, 0.3) is 17.5 Å². The van der Waals surface area contributed by atoms with E-state index in [9.17, 15) is 19.7 Å². The van der Waals surface area contributed by atoms with Gasteiger partial charge in [0.05, 0.1) is 9.82 Å². The van der Waals surface area contributed by atoms with Gasteiger partial charge in [-0.1, -0.05) is 29.5 Å². The summed E-state index contributed by atoms with van der Waals surface area (Å²) in [4.78, 5) is 36.5. The van der Waals surface area contributed by atoms with E-state index in [1.165, 1.54) is 24.9 Å². The van der Waals surface area contributed by atoms with Gasteiger partial charge in [-0.15, -0.1) is 0 Å². The number of nitrogens with one attached hydrogen (secondary N) is 2. The SMILES string of the molecule is CNC(=O)c1ccc(NC(=O)c2ccc(Sc3ccc(C)cc3)c([N+](=O)[O-])c2)cc1. The van der Waals surface area contributed by atoms with Gasteiger partial charge in [-0.05, 0) is 55.5 Å². The fourth-order valence-corrected chi connectivity index (χ4v) is 3.57. The first kappa shape index (κ1) is 21.1. The molecule has 7 nitrogen and oxygen atoms in total. The number of amides is 2. The van der Waals surface area contributed by atoms with Crippen LogP contribution in [0.15, 0.2) is 76.5 Å². The summed E-state index contributed by atoms with van der Waals surface area (Å²) in [5, 5.41) is 16.8. The molecule has 0 atom stereocenters. The van der Waals surface area contributed by atoms with Crippen molar-refractivity contribution < 1.29 is 14.5 Å². The highest BCUT2D eigenvalue weighted by Gasteiger charge is 2.19. The Bertz CT molecular complexity index is 1100. The molecular formula is C22H19N3O4S. The Kier molecular flexibility index (Phi) is 6.48. The minimum Gasteiger partial charge on any atom is -0.355 e. The van der Waals surface area contributed by atoms with Crippen LogP contribution in [0.1, 0.15) is 26.3 Å². The lowest BCUT2D eigenvalue weighted by Gasteiger charge is -2.08. The van der Waals surface area contributed by atoms with Crippen molar-refractivity contribution in [1.29, 1.82) is 0 Å². The second kappa shape index (κ2) is 9.23. The molecule has 3 aromatic carbocycles. The van der Waals surface area contributed by atoms with Crippen LogP contribution in [0.3, 0.4) is 0 Å². The van der Waals surface area contributed by atoms with E-state index in [0.29, 0.717) is 16.1 Å². The molecule has 0 aliphatic heterocycles. The van der Waals surface area contributed by atoms with Crippen molar-refractivity contribution in [3.63, 3.8) is 0 Å². The van der Waals surface area contributed by atoms with Crippen molar-refractivity contribution in [2.24, 2.45) is 0 Å². The van der Waals surface area contributed by atoms with Crippen molar-refractivity contribution in [3.8, 4) is 0 Å². The summed E-state index contributed by atoms with van der Waals surface area (Å²) in [5.41, 5.74) is 2.08. The van der Waals surface area contributed by atoms with E-state index >= 15 is 0 Å². The summed E-state index contributed by atoms with van der Waals surface area (Å²) in [6.07, 6.45) is 0. The summed E-state index contributed by atoms with van der Waals surface area (Å²) in [5.74, 6) is -0.706. The topological polar surface area (TPSA) is 101 Å². The fraction of sp³-hybridized carbons (Fsp3) is 0.0909. The van der Waals surface area contributed by atoms with Crippen LogP contribution in [0.25, 0.3) is 0 Å². The van der Waals surface area contributed by atoms with Gasteiger partial charge in [-0.3, -0.25) is 19.7 Å². The highest BCUT2D eigenvalue weighted by atomic mass is 32.2. The van der Waals surface area contributed by atoms with Crippen molar-refractivity contribution >= 4 is 35.0 Å². The van der Waals surface area contributed by atoms with E-state index in [2.05, 4.69) is 10.6 Å². The quantitative estimate of drug-likeness (QED) is 0.445. The van der Waals surface area contributed by atoms with E-state index in [1.54, 1.807) is 36.4 Å². The predicted octanol–water partition coefficient (Wildman–Crippen LogP) is 4.67. The van der Waals surface area contributed by atoms with Gasteiger partial charge in [0.1, 0.15) is 0 Å². The lowest BCUT2D eigenvalue weighted by Crippen LogP contribution is -2.18. The minimum atomic E-state index is -0.495. The predicted molar refractivity (Wildman–Crippen MR) is 116 cm³/mol. The van der Waals surface area contributed by atoms with E-state index in [1.807, 2.05) is 31.2 Å². The normalized spacial score (nSPS) is 10.3. The van der Waals surface area contributed by atoms with Gasteiger partial charge in [-0.25, -0.2) is 0 Å². The molecule has 0 unspecified atom stereocenters. The Morgan fingerprint density at radius 2 is 1.53 bits per heavy atom. The number of nitro groups is 1. The van der Waals surface area contributed by atoms with Crippen LogP contribution in [0, 0.1) is 17.0 Å². The largest absolute Gasteiger partial charge is 0.355 e. The van der Waals surface area contributed by atoms with Crippen molar-refractivity contribution in [2.45, 2.75) is 16.7 Å². The third-order valence-electron chi connectivity index (χ3n) is 4.30. The number of nitro benzene ring substituents is 1. The standard InChI is InChI=1S/C22H19N3O4S/c1-14-3-10-18(11-4-14)30-20-12-7-16(13-19(20)25(28)29)22(27)24-17-8-5-15(6-9-17)21(26)23-2/h3-13H,1-2H3,(H,23,26)(H,24,27). The Morgan fingerprint density at radius 1 is 0.900 bits per heavy atom. The number of hydrogen-bond acceptors (Lipinski definition) is 5. The smallest absolute Gasteiger partial charge is 0.284 e. The Balaban J connectivity index is 1.79. The van der Waals surface area contributed by atoms with Gasteiger partial charge in [0, 0.05) is 34.8 Å². The van der Waals surface area contributed by atoms with Crippen LogP contribution in [0.5, 0.6) is 0 Å². The zero-order chi connectivity index (χ0) is 21.7. The van der Waals surface area contributed by atoms with Gasteiger partial charge in [0.15, 0.2) is 0 Å². The molecule has 3 rings (SSSR count). The number of carbonyl (C=O) groups is 2. The number of aryl methyl sites for hydroxylation is 1. The maximum atomic E-state index is 12.6. The van der Waals surface area contributed by atoms with Crippen LogP contribution in [-0.4, -0.2) is 23.8 Å². The third kappa shape index (κ3) is 5.03. The van der Waals surface area contributed by atoms with Gasteiger partial charge in [0.2, 0.25) is 0 Å². The highest BCUT2D eigenvalue weighted by Crippen LogP contribution is 2.35. The summed E-state index contributed by atoms with van der Waals surface area (Å²) in [7, 11) is 1.53. The molecule has 0 spiro atoms. The van der Waals surface area contributed by atoms with E-state index < -0.39 is 10.8 Å². The molecule has 0 aliphatic carbocycles. The molecule has 0 bridgehead atoms.